The Bertz CT molecular complexity index is 187. The highest BCUT2D eigenvalue weighted by molar-refractivity contribution is 7.89. The van der Waals surface area contributed by atoms with Crippen LogP contribution in [0.25, 0.3) is 0 Å². The molecule has 11 heavy (non-hydrogen) atoms. The van der Waals surface area contributed by atoms with Crippen molar-refractivity contribution in [3.63, 3.8) is 0 Å². The van der Waals surface area contributed by atoms with E-state index < -0.39 is 10.0 Å². The highest BCUT2D eigenvalue weighted by Crippen LogP contribution is 1.98. The van der Waals surface area contributed by atoms with Crippen LogP contribution in [0.4, 0.5) is 0 Å². The van der Waals surface area contributed by atoms with Gasteiger partial charge in [0.25, 0.3) is 0 Å². The van der Waals surface area contributed by atoms with E-state index in [1.807, 2.05) is 13.8 Å². The van der Waals surface area contributed by atoms with Crippen LogP contribution in [-0.4, -0.2) is 20.7 Å². The summed E-state index contributed by atoms with van der Waals surface area (Å²) < 4.78 is 24.3. The monoisotopic (exact) mass is 179 g/mol. The average molecular weight is 179 g/mol. The maximum Gasteiger partial charge on any atom is 0.211 e. The van der Waals surface area contributed by atoms with E-state index in [0.717, 1.165) is 6.42 Å². The average Bonchev–Trinajstić information content (AvgIpc) is 2.00. The van der Waals surface area contributed by atoms with Crippen LogP contribution in [0.15, 0.2) is 0 Å². The van der Waals surface area contributed by atoms with E-state index in [2.05, 4.69) is 4.72 Å². The van der Waals surface area contributed by atoms with Gasteiger partial charge in [-0.05, 0) is 12.8 Å². The molecule has 4 heteroatoms. The molecule has 0 aromatic rings. The predicted molar refractivity (Wildman–Crippen MR) is 46.9 cm³/mol. The third-order valence-electron chi connectivity index (χ3n) is 1.73. The summed E-state index contributed by atoms with van der Waals surface area (Å²) in [6.45, 7) is 6.27. The van der Waals surface area contributed by atoms with Crippen molar-refractivity contribution in [3.8, 4) is 0 Å². The van der Waals surface area contributed by atoms with Crippen molar-refractivity contribution in [1.82, 2.24) is 4.72 Å². The minimum atomic E-state index is -2.97. The molecule has 0 aliphatic rings. The highest BCUT2D eigenvalue weighted by atomic mass is 32.2. The Morgan fingerprint density at radius 3 is 2.27 bits per heavy atom. The van der Waals surface area contributed by atoms with Gasteiger partial charge < -0.3 is 0 Å². The van der Waals surface area contributed by atoms with Crippen LogP contribution in [0.2, 0.25) is 0 Å². The summed E-state index contributed by atoms with van der Waals surface area (Å²) in [5.74, 6) is 0.597. The zero-order valence-corrected chi connectivity index (χ0v) is 8.24. The quantitative estimate of drug-likeness (QED) is 0.683. The van der Waals surface area contributed by atoms with Gasteiger partial charge in [0, 0.05) is 6.54 Å². The Labute approximate surface area is 69.2 Å². The molecule has 0 amide bonds. The van der Waals surface area contributed by atoms with Crippen LogP contribution in [0.5, 0.6) is 0 Å². The molecule has 1 unspecified atom stereocenters. The molecule has 0 aliphatic heterocycles. The Hall–Kier alpha value is -0.0900. The zero-order valence-electron chi connectivity index (χ0n) is 7.42. The van der Waals surface area contributed by atoms with Crippen LogP contribution >= 0.6 is 0 Å². The van der Waals surface area contributed by atoms with Crippen LogP contribution in [0.3, 0.4) is 0 Å². The van der Waals surface area contributed by atoms with Gasteiger partial charge in [0.15, 0.2) is 0 Å². The van der Waals surface area contributed by atoms with Crippen LogP contribution in [0, 0.1) is 5.92 Å². The molecule has 0 bridgehead atoms. The number of hydrogen-bond donors (Lipinski definition) is 1. The van der Waals surface area contributed by atoms with Gasteiger partial charge >= 0.3 is 0 Å². The maximum atomic E-state index is 10.9. The van der Waals surface area contributed by atoms with Crippen molar-refractivity contribution in [2.75, 3.05) is 12.3 Å². The summed E-state index contributed by atoms with van der Waals surface area (Å²) in [7, 11) is -2.97. The van der Waals surface area contributed by atoms with Crippen LogP contribution in [-0.2, 0) is 10.0 Å². The Kier molecular flexibility index (Phi) is 4.68. The fourth-order valence-electron chi connectivity index (χ4n) is 0.516. The van der Waals surface area contributed by atoms with E-state index in [0.29, 0.717) is 12.5 Å². The van der Waals surface area contributed by atoms with Gasteiger partial charge in [0.1, 0.15) is 0 Å². The van der Waals surface area contributed by atoms with E-state index >= 15 is 0 Å². The molecule has 0 rings (SSSR count). The first-order valence-corrected chi connectivity index (χ1v) is 5.64. The van der Waals surface area contributed by atoms with Crippen molar-refractivity contribution in [3.05, 3.63) is 0 Å². The maximum absolute atomic E-state index is 10.9. The smallest absolute Gasteiger partial charge is 0.211 e. The molecule has 3 nitrogen and oxygen atoms in total. The second-order valence-electron chi connectivity index (χ2n) is 2.77. The molecule has 0 aromatic carbocycles. The molecule has 0 saturated carbocycles. The second-order valence-corrected chi connectivity index (χ2v) is 4.86. The number of sulfonamides is 1. The topological polar surface area (TPSA) is 46.2 Å². The van der Waals surface area contributed by atoms with Gasteiger partial charge in [-0.15, -0.1) is 0 Å². The number of nitrogens with one attached hydrogen (secondary N) is 1. The van der Waals surface area contributed by atoms with Crippen molar-refractivity contribution >= 4 is 10.0 Å². The lowest BCUT2D eigenvalue weighted by molar-refractivity contribution is 0.529. The lowest BCUT2D eigenvalue weighted by Gasteiger charge is -2.08. The van der Waals surface area contributed by atoms with Gasteiger partial charge in [-0.1, -0.05) is 20.3 Å². The molecule has 0 radical (unpaired) electrons. The highest BCUT2D eigenvalue weighted by Gasteiger charge is 2.07. The summed E-state index contributed by atoms with van der Waals surface area (Å²) >= 11 is 0. The molecule has 1 atom stereocenters. The molecule has 0 fully saturated rings. The normalized spacial score (nSPS) is 14.8. The standard InChI is InChI=1S/C7H17NO2S/c1-4-7(3)6-8-11(9,10)5-2/h7-8H,4-6H2,1-3H3. The van der Waals surface area contributed by atoms with Crippen LogP contribution < -0.4 is 4.72 Å². The van der Waals surface area contributed by atoms with Gasteiger partial charge in [0.05, 0.1) is 5.75 Å². The van der Waals surface area contributed by atoms with E-state index in [1.165, 1.54) is 0 Å². The lowest BCUT2D eigenvalue weighted by Crippen LogP contribution is -2.29. The first-order valence-electron chi connectivity index (χ1n) is 3.99. The lowest BCUT2D eigenvalue weighted by atomic mass is 10.1. The zero-order chi connectivity index (χ0) is 8.91. The molecule has 0 aliphatic carbocycles. The Morgan fingerprint density at radius 1 is 1.36 bits per heavy atom. The minimum Gasteiger partial charge on any atom is -0.215 e. The van der Waals surface area contributed by atoms with Gasteiger partial charge in [-0.2, -0.15) is 0 Å². The number of rotatable bonds is 5. The van der Waals surface area contributed by atoms with E-state index in [4.69, 9.17) is 0 Å². The number of hydrogen-bond acceptors (Lipinski definition) is 2. The third kappa shape index (κ3) is 5.21. The first-order chi connectivity index (χ1) is 5.02. The van der Waals surface area contributed by atoms with Gasteiger partial charge in [-0.3, -0.25) is 0 Å². The van der Waals surface area contributed by atoms with Crippen molar-refractivity contribution < 1.29 is 8.42 Å². The van der Waals surface area contributed by atoms with Crippen molar-refractivity contribution in [2.45, 2.75) is 27.2 Å². The van der Waals surface area contributed by atoms with E-state index in [9.17, 15) is 8.42 Å². The largest absolute Gasteiger partial charge is 0.215 e. The second kappa shape index (κ2) is 4.72. The minimum absolute atomic E-state index is 0.170. The van der Waals surface area contributed by atoms with Gasteiger partial charge in [-0.25, -0.2) is 13.1 Å². The third-order valence-corrected chi connectivity index (χ3v) is 3.10. The molecule has 0 heterocycles. The fraction of sp³-hybridized carbons (Fsp3) is 1.00. The summed E-state index contributed by atoms with van der Waals surface area (Å²) in [4.78, 5) is 0. The van der Waals surface area contributed by atoms with Crippen LogP contribution in [0.1, 0.15) is 27.2 Å². The molecule has 0 aromatic heterocycles. The summed E-state index contributed by atoms with van der Waals surface area (Å²) in [5.41, 5.74) is 0. The Balaban J connectivity index is 3.71. The SMILES string of the molecule is CCC(C)CNS(=O)(=O)CC. The molecule has 1 N–H and O–H groups in total. The van der Waals surface area contributed by atoms with Crippen molar-refractivity contribution in [2.24, 2.45) is 5.92 Å². The molecule has 68 valence electrons. The molecular weight excluding hydrogens is 162 g/mol. The van der Waals surface area contributed by atoms with E-state index in [1.54, 1.807) is 6.92 Å². The fourth-order valence-corrected chi connectivity index (χ4v) is 1.26. The summed E-state index contributed by atoms with van der Waals surface area (Å²) in [6, 6.07) is 0. The van der Waals surface area contributed by atoms with E-state index in [-0.39, 0.29) is 5.75 Å². The van der Waals surface area contributed by atoms with Gasteiger partial charge in [0.2, 0.25) is 10.0 Å². The molecular formula is C7H17NO2S. The summed E-state index contributed by atoms with van der Waals surface area (Å²) in [5, 5.41) is 0. The first kappa shape index (κ1) is 10.9. The predicted octanol–water partition coefficient (Wildman–Crippen LogP) is 0.972. The molecule has 0 spiro atoms. The van der Waals surface area contributed by atoms with Crippen molar-refractivity contribution in [1.29, 1.82) is 0 Å². The molecule has 0 saturated heterocycles. The summed E-state index contributed by atoms with van der Waals surface area (Å²) in [6.07, 6.45) is 1.01. The Morgan fingerprint density at radius 2 is 1.91 bits per heavy atom.